The summed E-state index contributed by atoms with van der Waals surface area (Å²) < 4.78 is 19.5. The molecule has 0 saturated carbocycles. The highest BCUT2D eigenvalue weighted by Crippen LogP contribution is 2.21. The van der Waals surface area contributed by atoms with Crippen LogP contribution in [0.2, 0.25) is 5.02 Å². The van der Waals surface area contributed by atoms with E-state index in [0.29, 0.717) is 17.2 Å². The molecule has 1 aromatic carbocycles. The first-order valence-corrected chi connectivity index (χ1v) is 6.72. The summed E-state index contributed by atoms with van der Waals surface area (Å²) in [4.78, 5) is 0. The average Bonchev–Trinajstić information content (AvgIpc) is 2.30. The van der Waals surface area contributed by atoms with Gasteiger partial charge >= 0.3 is 0 Å². The van der Waals surface area contributed by atoms with Crippen LogP contribution in [-0.2, 0) is 4.74 Å². The molecule has 0 bridgehead atoms. The van der Waals surface area contributed by atoms with Gasteiger partial charge in [-0.15, -0.1) is 0 Å². The lowest BCUT2D eigenvalue weighted by molar-refractivity contribution is 0.0604. The molecule has 2 nitrogen and oxygen atoms in total. The van der Waals surface area contributed by atoms with Gasteiger partial charge in [-0.05, 0) is 38.9 Å². The predicted molar refractivity (Wildman–Crippen MR) is 73.5 cm³/mol. The van der Waals surface area contributed by atoms with Gasteiger partial charge in [0, 0.05) is 10.6 Å². The molecule has 1 unspecified atom stereocenters. The maximum absolute atomic E-state index is 13.9. The second-order valence-electron chi connectivity index (χ2n) is 4.55. The summed E-state index contributed by atoms with van der Waals surface area (Å²) >= 11 is 5.76. The van der Waals surface area contributed by atoms with Crippen molar-refractivity contribution in [1.82, 2.24) is 5.32 Å². The van der Waals surface area contributed by atoms with E-state index in [-0.39, 0.29) is 18.0 Å². The van der Waals surface area contributed by atoms with E-state index in [1.807, 2.05) is 13.8 Å². The van der Waals surface area contributed by atoms with E-state index in [2.05, 4.69) is 12.2 Å². The highest BCUT2D eigenvalue weighted by Gasteiger charge is 2.16. The van der Waals surface area contributed by atoms with Crippen molar-refractivity contribution in [3.63, 3.8) is 0 Å². The van der Waals surface area contributed by atoms with Crippen LogP contribution in [0.15, 0.2) is 18.2 Å². The standard InChI is InChI=1S/C14H21ClFNO/c1-4-7-17-14(9-18-10(2)3)12-6-5-11(15)8-13(12)16/h5-6,8,10,14,17H,4,7,9H2,1-3H3. The molecule has 1 rings (SSSR count). The van der Waals surface area contributed by atoms with Gasteiger partial charge in [-0.25, -0.2) is 4.39 Å². The van der Waals surface area contributed by atoms with Crippen molar-refractivity contribution in [3.8, 4) is 0 Å². The third-order valence-electron chi connectivity index (χ3n) is 2.57. The maximum atomic E-state index is 13.9. The minimum absolute atomic E-state index is 0.131. The predicted octanol–water partition coefficient (Wildman–Crippen LogP) is 3.94. The van der Waals surface area contributed by atoms with Crippen molar-refractivity contribution in [2.45, 2.75) is 39.3 Å². The molecule has 0 aromatic heterocycles. The molecule has 0 aliphatic heterocycles. The normalized spacial score (nSPS) is 13.0. The number of nitrogens with one attached hydrogen (secondary N) is 1. The smallest absolute Gasteiger partial charge is 0.129 e. The molecule has 1 aromatic rings. The first-order valence-electron chi connectivity index (χ1n) is 6.34. The van der Waals surface area contributed by atoms with Crippen molar-refractivity contribution in [1.29, 1.82) is 0 Å². The fraction of sp³-hybridized carbons (Fsp3) is 0.571. The molecule has 102 valence electrons. The average molecular weight is 274 g/mol. The van der Waals surface area contributed by atoms with Crippen molar-refractivity contribution in [2.24, 2.45) is 0 Å². The second kappa shape index (κ2) is 7.72. The van der Waals surface area contributed by atoms with Gasteiger partial charge in [0.25, 0.3) is 0 Å². The summed E-state index contributed by atoms with van der Waals surface area (Å²) in [5.74, 6) is -0.288. The minimum atomic E-state index is -0.288. The van der Waals surface area contributed by atoms with Crippen LogP contribution in [0.3, 0.4) is 0 Å². The zero-order valence-electron chi connectivity index (χ0n) is 11.2. The van der Waals surface area contributed by atoms with Gasteiger partial charge < -0.3 is 10.1 Å². The Morgan fingerprint density at radius 1 is 1.39 bits per heavy atom. The number of hydrogen-bond acceptors (Lipinski definition) is 2. The molecule has 0 saturated heterocycles. The monoisotopic (exact) mass is 273 g/mol. The fourth-order valence-electron chi connectivity index (χ4n) is 1.65. The first-order chi connectivity index (χ1) is 8.54. The Morgan fingerprint density at radius 3 is 2.67 bits per heavy atom. The van der Waals surface area contributed by atoms with Gasteiger partial charge in [-0.3, -0.25) is 0 Å². The van der Waals surface area contributed by atoms with Crippen molar-refractivity contribution < 1.29 is 9.13 Å². The highest BCUT2D eigenvalue weighted by atomic mass is 35.5. The summed E-state index contributed by atoms with van der Waals surface area (Å²) in [7, 11) is 0. The molecule has 0 aliphatic rings. The van der Waals surface area contributed by atoms with Gasteiger partial charge in [0.15, 0.2) is 0 Å². The van der Waals surface area contributed by atoms with E-state index < -0.39 is 0 Å². The van der Waals surface area contributed by atoms with Crippen LogP contribution in [0, 0.1) is 5.82 Å². The van der Waals surface area contributed by atoms with Crippen LogP contribution >= 0.6 is 11.6 Å². The van der Waals surface area contributed by atoms with Crippen LogP contribution in [0.4, 0.5) is 4.39 Å². The molecule has 4 heteroatoms. The second-order valence-corrected chi connectivity index (χ2v) is 4.99. The molecule has 0 amide bonds. The zero-order chi connectivity index (χ0) is 13.5. The van der Waals surface area contributed by atoms with E-state index in [1.165, 1.54) is 6.07 Å². The molecule has 1 N–H and O–H groups in total. The van der Waals surface area contributed by atoms with E-state index in [4.69, 9.17) is 16.3 Å². The molecule has 0 spiro atoms. The Labute approximate surface area is 113 Å². The number of halogens is 2. The van der Waals surface area contributed by atoms with E-state index in [0.717, 1.165) is 13.0 Å². The quantitative estimate of drug-likeness (QED) is 0.812. The van der Waals surface area contributed by atoms with Crippen LogP contribution < -0.4 is 5.32 Å². The van der Waals surface area contributed by atoms with Crippen LogP contribution in [0.25, 0.3) is 0 Å². The summed E-state index contributed by atoms with van der Waals surface area (Å²) in [5.41, 5.74) is 0.605. The van der Waals surface area contributed by atoms with E-state index >= 15 is 0 Å². The fourth-order valence-corrected chi connectivity index (χ4v) is 1.81. The van der Waals surface area contributed by atoms with Gasteiger partial charge in [0.1, 0.15) is 5.82 Å². The van der Waals surface area contributed by atoms with Crippen molar-refractivity contribution in [3.05, 3.63) is 34.6 Å². The van der Waals surface area contributed by atoms with Crippen molar-refractivity contribution >= 4 is 11.6 Å². The summed E-state index contributed by atoms with van der Waals surface area (Å²) in [6.45, 7) is 7.29. The molecule has 0 fully saturated rings. The number of benzene rings is 1. The van der Waals surface area contributed by atoms with Crippen molar-refractivity contribution in [2.75, 3.05) is 13.2 Å². The Bertz CT molecular complexity index is 371. The number of rotatable bonds is 7. The Kier molecular flexibility index (Phi) is 6.61. The van der Waals surface area contributed by atoms with Gasteiger partial charge in [-0.1, -0.05) is 24.6 Å². The SMILES string of the molecule is CCCNC(COC(C)C)c1ccc(Cl)cc1F. The first kappa shape index (κ1) is 15.4. The van der Waals surface area contributed by atoms with Gasteiger partial charge in [0.05, 0.1) is 18.8 Å². The topological polar surface area (TPSA) is 21.3 Å². The molecule has 0 radical (unpaired) electrons. The van der Waals surface area contributed by atoms with Gasteiger partial charge in [0.2, 0.25) is 0 Å². The van der Waals surface area contributed by atoms with Crippen LogP contribution in [0.1, 0.15) is 38.8 Å². The Hall–Kier alpha value is -0.640. The molecule has 0 heterocycles. The number of ether oxygens (including phenoxy) is 1. The Morgan fingerprint density at radius 2 is 2.11 bits per heavy atom. The largest absolute Gasteiger partial charge is 0.377 e. The van der Waals surface area contributed by atoms with Crippen LogP contribution in [0.5, 0.6) is 0 Å². The highest BCUT2D eigenvalue weighted by molar-refractivity contribution is 6.30. The third-order valence-corrected chi connectivity index (χ3v) is 2.81. The minimum Gasteiger partial charge on any atom is -0.377 e. The van der Waals surface area contributed by atoms with E-state index in [1.54, 1.807) is 12.1 Å². The summed E-state index contributed by atoms with van der Waals surface area (Å²) in [5, 5.41) is 3.71. The Balaban J connectivity index is 2.79. The van der Waals surface area contributed by atoms with Gasteiger partial charge in [-0.2, -0.15) is 0 Å². The lowest BCUT2D eigenvalue weighted by Crippen LogP contribution is -2.28. The lowest BCUT2D eigenvalue weighted by Gasteiger charge is -2.21. The molecule has 0 aliphatic carbocycles. The molecule has 1 atom stereocenters. The van der Waals surface area contributed by atoms with Crippen LogP contribution in [-0.4, -0.2) is 19.3 Å². The molecule has 18 heavy (non-hydrogen) atoms. The summed E-state index contributed by atoms with van der Waals surface area (Å²) in [6.07, 6.45) is 1.12. The lowest BCUT2D eigenvalue weighted by atomic mass is 10.1. The molecular formula is C14H21ClFNO. The maximum Gasteiger partial charge on any atom is 0.129 e. The zero-order valence-corrected chi connectivity index (χ0v) is 11.9. The molecular weight excluding hydrogens is 253 g/mol. The number of hydrogen-bond donors (Lipinski definition) is 1. The third kappa shape index (κ3) is 4.92. The summed E-state index contributed by atoms with van der Waals surface area (Å²) in [6, 6.07) is 4.63. The van der Waals surface area contributed by atoms with E-state index in [9.17, 15) is 4.39 Å².